The van der Waals surface area contributed by atoms with Crippen molar-refractivity contribution in [2.75, 3.05) is 5.32 Å². The van der Waals surface area contributed by atoms with Gasteiger partial charge in [0.1, 0.15) is 5.75 Å². The number of aromatic nitrogens is 1. The van der Waals surface area contributed by atoms with Crippen LogP contribution in [0.2, 0.25) is 0 Å². The lowest BCUT2D eigenvalue weighted by Crippen LogP contribution is -2.35. The number of nitrogens with one attached hydrogen (secondary N) is 2. The maximum Gasteiger partial charge on any atom is 0.313 e. The van der Waals surface area contributed by atoms with E-state index in [2.05, 4.69) is 15.6 Å². The zero-order valence-corrected chi connectivity index (χ0v) is 13.1. The van der Waals surface area contributed by atoms with Crippen molar-refractivity contribution < 1.29 is 14.3 Å². The average molecular weight is 313 g/mol. The maximum atomic E-state index is 12.0. The molecule has 1 heterocycles. The quantitative estimate of drug-likeness (QED) is 0.829. The van der Waals surface area contributed by atoms with E-state index in [1.807, 2.05) is 19.9 Å². The summed E-state index contributed by atoms with van der Waals surface area (Å²) < 4.78 is 5.60. The summed E-state index contributed by atoms with van der Waals surface area (Å²) in [6.45, 7) is 3.97. The van der Waals surface area contributed by atoms with E-state index in [-0.39, 0.29) is 12.6 Å². The second-order valence-electron chi connectivity index (χ2n) is 5.12. The van der Waals surface area contributed by atoms with Crippen molar-refractivity contribution in [2.24, 2.45) is 0 Å². The van der Waals surface area contributed by atoms with Crippen molar-refractivity contribution in [1.29, 1.82) is 0 Å². The summed E-state index contributed by atoms with van der Waals surface area (Å²) in [5.41, 5.74) is 1.14. The van der Waals surface area contributed by atoms with Gasteiger partial charge in [0.05, 0.1) is 24.0 Å². The summed E-state index contributed by atoms with van der Waals surface area (Å²) in [5.74, 6) is -0.955. The molecule has 0 spiro atoms. The van der Waals surface area contributed by atoms with Crippen LogP contribution >= 0.6 is 0 Å². The second kappa shape index (κ2) is 7.93. The summed E-state index contributed by atoms with van der Waals surface area (Å²) in [7, 11) is 0. The van der Waals surface area contributed by atoms with Crippen LogP contribution in [0.5, 0.6) is 5.75 Å². The molecule has 0 aliphatic carbocycles. The van der Waals surface area contributed by atoms with Crippen LogP contribution < -0.4 is 15.4 Å². The molecule has 120 valence electrons. The first kappa shape index (κ1) is 16.5. The smallest absolute Gasteiger partial charge is 0.313 e. The number of para-hydroxylation sites is 2. The number of rotatable bonds is 5. The molecule has 2 rings (SSSR count). The van der Waals surface area contributed by atoms with Crippen molar-refractivity contribution in [3.05, 3.63) is 54.4 Å². The largest absolute Gasteiger partial charge is 0.489 e. The Bertz CT molecular complexity index is 672. The van der Waals surface area contributed by atoms with Gasteiger partial charge in [-0.25, -0.2) is 0 Å². The van der Waals surface area contributed by atoms with Gasteiger partial charge in [-0.1, -0.05) is 18.2 Å². The zero-order valence-electron chi connectivity index (χ0n) is 13.1. The first-order valence-corrected chi connectivity index (χ1v) is 7.31. The Labute approximate surface area is 134 Å². The summed E-state index contributed by atoms with van der Waals surface area (Å²) in [5, 5.41) is 5.08. The summed E-state index contributed by atoms with van der Waals surface area (Å²) in [6.07, 6.45) is 1.59. The molecular formula is C17H19N3O3. The van der Waals surface area contributed by atoms with Crippen LogP contribution in [-0.4, -0.2) is 22.9 Å². The molecule has 2 N–H and O–H groups in total. The van der Waals surface area contributed by atoms with Gasteiger partial charge in [0.2, 0.25) is 0 Å². The summed E-state index contributed by atoms with van der Waals surface area (Å²) >= 11 is 0. The average Bonchev–Trinajstić information content (AvgIpc) is 2.55. The normalized spacial score (nSPS) is 10.2. The van der Waals surface area contributed by atoms with Crippen molar-refractivity contribution in [2.45, 2.75) is 26.5 Å². The Morgan fingerprint density at radius 1 is 1.09 bits per heavy atom. The fourth-order valence-corrected chi connectivity index (χ4v) is 1.86. The van der Waals surface area contributed by atoms with Gasteiger partial charge < -0.3 is 15.4 Å². The van der Waals surface area contributed by atoms with E-state index in [0.717, 1.165) is 0 Å². The molecule has 6 nitrogen and oxygen atoms in total. The van der Waals surface area contributed by atoms with Gasteiger partial charge in [-0.2, -0.15) is 0 Å². The summed E-state index contributed by atoms with van der Waals surface area (Å²) in [6, 6.07) is 12.3. The minimum absolute atomic E-state index is 0.0361. The van der Waals surface area contributed by atoms with Crippen LogP contribution in [0.1, 0.15) is 19.5 Å². The van der Waals surface area contributed by atoms with Gasteiger partial charge in [-0.05, 0) is 38.1 Å². The number of hydrogen-bond acceptors (Lipinski definition) is 4. The Balaban J connectivity index is 1.95. The molecule has 2 aromatic rings. The number of carbonyl (C=O) groups is 2. The molecule has 0 radical (unpaired) electrons. The molecule has 6 heteroatoms. The van der Waals surface area contributed by atoms with Crippen LogP contribution in [0.25, 0.3) is 0 Å². The molecule has 2 amide bonds. The molecular weight excluding hydrogens is 294 g/mol. The lowest BCUT2D eigenvalue weighted by atomic mass is 10.3. The molecule has 23 heavy (non-hydrogen) atoms. The Hall–Kier alpha value is -2.89. The van der Waals surface area contributed by atoms with Gasteiger partial charge in [-0.3, -0.25) is 14.6 Å². The van der Waals surface area contributed by atoms with Gasteiger partial charge in [0.25, 0.3) is 0 Å². The first-order chi connectivity index (χ1) is 11.1. The Morgan fingerprint density at radius 2 is 1.83 bits per heavy atom. The van der Waals surface area contributed by atoms with Crippen LogP contribution in [0.4, 0.5) is 5.69 Å². The fraction of sp³-hybridized carbons (Fsp3) is 0.235. The van der Waals surface area contributed by atoms with E-state index in [4.69, 9.17) is 4.74 Å². The highest BCUT2D eigenvalue weighted by molar-refractivity contribution is 6.39. The molecule has 0 fully saturated rings. The van der Waals surface area contributed by atoms with Gasteiger partial charge in [-0.15, -0.1) is 0 Å². The van der Waals surface area contributed by atoms with E-state index in [0.29, 0.717) is 17.1 Å². The monoisotopic (exact) mass is 313 g/mol. The van der Waals surface area contributed by atoms with Crippen LogP contribution in [0, 0.1) is 0 Å². The van der Waals surface area contributed by atoms with E-state index < -0.39 is 11.8 Å². The molecule has 0 unspecified atom stereocenters. The summed E-state index contributed by atoms with van der Waals surface area (Å²) in [4.78, 5) is 27.9. The minimum Gasteiger partial charge on any atom is -0.489 e. The van der Waals surface area contributed by atoms with Crippen molar-refractivity contribution in [3.8, 4) is 5.75 Å². The molecule has 0 aliphatic heterocycles. The minimum atomic E-state index is -0.749. The van der Waals surface area contributed by atoms with Crippen molar-refractivity contribution >= 4 is 17.5 Å². The molecule has 0 saturated heterocycles. The second-order valence-corrected chi connectivity index (χ2v) is 5.12. The zero-order chi connectivity index (χ0) is 16.7. The predicted octanol–water partition coefficient (Wildman–Crippen LogP) is 2.12. The third-order valence-electron chi connectivity index (χ3n) is 2.86. The highest BCUT2D eigenvalue weighted by Gasteiger charge is 2.16. The standard InChI is InChI=1S/C17H19N3O3/c1-12(2)23-15-9-4-3-8-14(15)20-17(22)16(21)19-11-13-7-5-6-10-18-13/h3-10,12H,11H2,1-2H3,(H,19,21)(H,20,22). The number of benzene rings is 1. The molecule has 0 saturated carbocycles. The van der Waals surface area contributed by atoms with E-state index in [1.54, 1.807) is 42.6 Å². The highest BCUT2D eigenvalue weighted by atomic mass is 16.5. The number of ether oxygens (including phenoxy) is 1. The van der Waals surface area contributed by atoms with Gasteiger partial charge in [0.15, 0.2) is 0 Å². The van der Waals surface area contributed by atoms with Gasteiger partial charge in [0, 0.05) is 6.20 Å². The van der Waals surface area contributed by atoms with Crippen LogP contribution in [-0.2, 0) is 16.1 Å². The number of nitrogens with zero attached hydrogens (tertiary/aromatic N) is 1. The van der Waals surface area contributed by atoms with Gasteiger partial charge >= 0.3 is 11.8 Å². The molecule has 1 aromatic carbocycles. The number of amides is 2. The number of pyridine rings is 1. The van der Waals surface area contributed by atoms with Crippen molar-refractivity contribution in [3.63, 3.8) is 0 Å². The molecule has 0 atom stereocenters. The molecule has 0 bridgehead atoms. The molecule has 0 aliphatic rings. The number of carbonyl (C=O) groups excluding carboxylic acids is 2. The fourth-order valence-electron chi connectivity index (χ4n) is 1.86. The van der Waals surface area contributed by atoms with Crippen LogP contribution in [0.15, 0.2) is 48.7 Å². The predicted molar refractivity (Wildman–Crippen MR) is 86.9 cm³/mol. The lowest BCUT2D eigenvalue weighted by molar-refractivity contribution is -0.136. The third kappa shape index (κ3) is 5.10. The highest BCUT2D eigenvalue weighted by Crippen LogP contribution is 2.24. The third-order valence-corrected chi connectivity index (χ3v) is 2.86. The van der Waals surface area contributed by atoms with E-state index >= 15 is 0 Å². The molecule has 1 aromatic heterocycles. The topological polar surface area (TPSA) is 80.3 Å². The van der Waals surface area contributed by atoms with E-state index in [9.17, 15) is 9.59 Å². The number of hydrogen-bond donors (Lipinski definition) is 2. The lowest BCUT2D eigenvalue weighted by Gasteiger charge is -2.14. The number of anilines is 1. The van der Waals surface area contributed by atoms with Crippen molar-refractivity contribution in [1.82, 2.24) is 10.3 Å². The Morgan fingerprint density at radius 3 is 2.52 bits per heavy atom. The SMILES string of the molecule is CC(C)Oc1ccccc1NC(=O)C(=O)NCc1ccccn1. The maximum absolute atomic E-state index is 12.0. The van der Waals surface area contributed by atoms with E-state index in [1.165, 1.54) is 0 Å². The first-order valence-electron chi connectivity index (χ1n) is 7.31. The van der Waals surface area contributed by atoms with Crippen LogP contribution in [0.3, 0.4) is 0 Å². The Kier molecular flexibility index (Phi) is 5.68.